The van der Waals surface area contributed by atoms with Crippen LogP contribution in [0.2, 0.25) is 0 Å². The van der Waals surface area contributed by atoms with Crippen LogP contribution in [0.1, 0.15) is 49.5 Å². The lowest BCUT2D eigenvalue weighted by Gasteiger charge is -2.35. The Morgan fingerprint density at radius 2 is 2.05 bits per heavy atom. The SMILES string of the molecule is CC1CCCC(n2cc(C(=O)O)c(=O)[nH]c2=O)C1C. The number of nitrogens with one attached hydrogen (secondary N) is 1. The molecule has 1 aromatic rings. The third-order valence-electron chi connectivity index (χ3n) is 4.22. The zero-order chi connectivity index (χ0) is 14.2. The second-order valence-electron chi connectivity index (χ2n) is 5.35. The van der Waals surface area contributed by atoms with Gasteiger partial charge in [0.1, 0.15) is 5.56 Å². The zero-order valence-corrected chi connectivity index (χ0v) is 11.0. The van der Waals surface area contributed by atoms with Gasteiger partial charge < -0.3 is 5.11 Å². The lowest BCUT2D eigenvalue weighted by atomic mass is 9.78. The predicted molar refractivity (Wildman–Crippen MR) is 69.5 cm³/mol. The fraction of sp³-hybridized carbons (Fsp3) is 0.615. The van der Waals surface area contributed by atoms with E-state index in [-0.39, 0.29) is 17.5 Å². The van der Waals surface area contributed by atoms with Gasteiger partial charge in [0.05, 0.1) is 0 Å². The standard InChI is InChI=1S/C13H18N2O4/c1-7-4-3-5-10(8(7)2)15-6-9(12(17)18)11(16)14-13(15)19/h6-8,10H,3-5H2,1-2H3,(H,17,18)(H,14,16,19). The second-order valence-corrected chi connectivity index (χ2v) is 5.35. The van der Waals surface area contributed by atoms with Crippen molar-refractivity contribution in [2.24, 2.45) is 11.8 Å². The van der Waals surface area contributed by atoms with Gasteiger partial charge in [0, 0.05) is 12.2 Å². The van der Waals surface area contributed by atoms with E-state index < -0.39 is 17.2 Å². The molecule has 6 nitrogen and oxygen atoms in total. The Bertz CT molecular complexity index is 601. The van der Waals surface area contributed by atoms with Gasteiger partial charge in [-0.2, -0.15) is 0 Å². The van der Waals surface area contributed by atoms with E-state index in [2.05, 4.69) is 18.8 Å². The van der Waals surface area contributed by atoms with Crippen LogP contribution in [-0.2, 0) is 0 Å². The predicted octanol–water partition coefficient (Wildman–Crippen LogP) is 1.23. The largest absolute Gasteiger partial charge is 0.477 e. The van der Waals surface area contributed by atoms with Gasteiger partial charge in [-0.05, 0) is 18.3 Å². The number of aromatic amines is 1. The van der Waals surface area contributed by atoms with Crippen molar-refractivity contribution >= 4 is 5.97 Å². The van der Waals surface area contributed by atoms with E-state index in [1.807, 2.05) is 0 Å². The molecule has 3 atom stereocenters. The van der Waals surface area contributed by atoms with Crippen molar-refractivity contribution in [1.82, 2.24) is 9.55 Å². The van der Waals surface area contributed by atoms with Crippen LogP contribution in [-0.4, -0.2) is 20.6 Å². The van der Waals surface area contributed by atoms with Crippen molar-refractivity contribution in [1.29, 1.82) is 0 Å². The number of hydrogen-bond donors (Lipinski definition) is 2. The molecule has 104 valence electrons. The number of nitrogens with zero attached hydrogens (tertiary/aromatic N) is 1. The van der Waals surface area contributed by atoms with Crippen LogP contribution in [0.3, 0.4) is 0 Å². The number of carboxylic acids is 1. The molecule has 19 heavy (non-hydrogen) atoms. The molecule has 1 aliphatic carbocycles. The van der Waals surface area contributed by atoms with Gasteiger partial charge in [-0.25, -0.2) is 9.59 Å². The van der Waals surface area contributed by atoms with E-state index in [4.69, 9.17) is 5.11 Å². The van der Waals surface area contributed by atoms with E-state index >= 15 is 0 Å². The van der Waals surface area contributed by atoms with Crippen LogP contribution < -0.4 is 11.2 Å². The first kappa shape index (κ1) is 13.6. The maximum absolute atomic E-state index is 11.9. The molecule has 0 aliphatic heterocycles. The van der Waals surface area contributed by atoms with Crippen molar-refractivity contribution in [2.45, 2.75) is 39.2 Å². The summed E-state index contributed by atoms with van der Waals surface area (Å²) in [5, 5.41) is 8.96. The monoisotopic (exact) mass is 266 g/mol. The maximum atomic E-state index is 11.9. The highest BCUT2D eigenvalue weighted by Gasteiger charge is 2.29. The molecule has 0 amide bonds. The van der Waals surface area contributed by atoms with E-state index in [0.29, 0.717) is 5.92 Å². The summed E-state index contributed by atoms with van der Waals surface area (Å²) in [5.74, 6) is -0.559. The number of aromatic carboxylic acids is 1. The summed E-state index contributed by atoms with van der Waals surface area (Å²) < 4.78 is 1.38. The maximum Gasteiger partial charge on any atom is 0.342 e. The van der Waals surface area contributed by atoms with Crippen LogP contribution in [0, 0.1) is 11.8 Å². The van der Waals surface area contributed by atoms with Gasteiger partial charge in [0.2, 0.25) is 0 Å². The smallest absolute Gasteiger partial charge is 0.342 e. The third kappa shape index (κ3) is 2.47. The minimum absolute atomic E-state index is 0.0498. The van der Waals surface area contributed by atoms with Crippen molar-refractivity contribution in [2.75, 3.05) is 0 Å². The fourth-order valence-electron chi connectivity index (χ4n) is 2.83. The highest BCUT2D eigenvalue weighted by Crippen LogP contribution is 2.36. The summed E-state index contributed by atoms with van der Waals surface area (Å²) in [5.41, 5.74) is -1.75. The summed E-state index contributed by atoms with van der Waals surface area (Å²) >= 11 is 0. The quantitative estimate of drug-likeness (QED) is 0.842. The molecule has 0 radical (unpaired) electrons. The average Bonchev–Trinajstić information content (AvgIpc) is 2.33. The molecule has 0 spiro atoms. The normalized spacial score (nSPS) is 27.2. The zero-order valence-electron chi connectivity index (χ0n) is 11.0. The molecule has 0 aromatic carbocycles. The minimum Gasteiger partial charge on any atom is -0.477 e. The van der Waals surface area contributed by atoms with E-state index in [0.717, 1.165) is 19.3 Å². The van der Waals surface area contributed by atoms with Gasteiger partial charge in [-0.15, -0.1) is 0 Å². The number of H-pyrrole nitrogens is 1. The average molecular weight is 266 g/mol. The van der Waals surface area contributed by atoms with Crippen LogP contribution in [0.15, 0.2) is 15.8 Å². The topological polar surface area (TPSA) is 92.2 Å². The molecule has 2 rings (SSSR count). The van der Waals surface area contributed by atoms with Gasteiger partial charge in [0.15, 0.2) is 0 Å². The van der Waals surface area contributed by atoms with Crippen LogP contribution in [0.4, 0.5) is 0 Å². The molecule has 2 N–H and O–H groups in total. The summed E-state index contributed by atoms with van der Waals surface area (Å²) in [6.45, 7) is 4.19. The van der Waals surface area contributed by atoms with Crippen molar-refractivity contribution in [3.05, 3.63) is 32.6 Å². The molecule has 1 aromatic heterocycles. The summed E-state index contributed by atoms with van der Waals surface area (Å²) in [6.07, 6.45) is 4.13. The summed E-state index contributed by atoms with van der Waals surface area (Å²) in [6, 6.07) is -0.0498. The first-order valence-corrected chi connectivity index (χ1v) is 6.50. The molecule has 0 saturated heterocycles. The van der Waals surface area contributed by atoms with Crippen LogP contribution in [0.5, 0.6) is 0 Å². The highest BCUT2D eigenvalue weighted by atomic mass is 16.4. The molecule has 6 heteroatoms. The molecule has 3 unspecified atom stereocenters. The lowest BCUT2D eigenvalue weighted by molar-refractivity contribution is 0.0692. The Balaban J connectivity index is 2.50. The van der Waals surface area contributed by atoms with E-state index in [9.17, 15) is 14.4 Å². The van der Waals surface area contributed by atoms with Gasteiger partial charge in [-0.3, -0.25) is 14.3 Å². The summed E-state index contributed by atoms with van der Waals surface area (Å²) in [4.78, 5) is 36.4. The van der Waals surface area contributed by atoms with E-state index in [1.54, 1.807) is 0 Å². The highest BCUT2D eigenvalue weighted by molar-refractivity contribution is 5.86. The Kier molecular flexibility index (Phi) is 3.59. The number of carboxylic acid groups (broad SMARTS) is 1. The number of aromatic nitrogens is 2. The van der Waals surface area contributed by atoms with E-state index in [1.165, 1.54) is 10.8 Å². The lowest BCUT2D eigenvalue weighted by Crippen LogP contribution is -2.39. The Morgan fingerprint density at radius 1 is 1.37 bits per heavy atom. The number of carbonyl (C=O) groups is 1. The number of rotatable bonds is 2. The third-order valence-corrected chi connectivity index (χ3v) is 4.22. The summed E-state index contributed by atoms with van der Waals surface area (Å²) in [7, 11) is 0. The van der Waals surface area contributed by atoms with Gasteiger partial charge in [0.25, 0.3) is 5.56 Å². The second kappa shape index (κ2) is 5.03. The molecule has 1 heterocycles. The molecular formula is C13H18N2O4. The number of hydrogen-bond acceptors (Lipinski definition) is 3. The Labute approximate surface area is 110 Å². The van der Waals surface area contributed by atoms with Crippen LogP contribution >= 0.6 is 0 Å². The van der Waals surface area contributed by atoms with Crippen molar-refractivity contribution in [3.63, 3.8) is 0 Å². The van der Waals surface area contributed by atoms with Crippen LogP contribution in [0.25, 0.3) is 0 Å². The van der Waals surface area contributed by atoms with Gasteiger partial charge in [-0.1, -0.05) is 26.7 Å². The molecular weight excluding hydrogens is 248 g/mol. The molecule has 1 fully saturated rings. The fourth-order valence-corrected chi connectivity index (χ4v) is 2.83. The Morgan fingerprint density at radius 3 is 2.68 bits per heavy atom. The van der Waals surface area contributed by atoms with Crippen molar-refractivity contribution in [3.8, 4) is 0 Å². The van der Waals surface area contributed by atoms with Gasteiger partial charge >= 0.3 is 11.7 Å². The molecule has 1 saturated carbocycles. The Hall–Kier alpha value is -1.85. The first-order chi connectivity index (χ1) is 8.91. The first-order valence-electron chi connectivity index (χ1n) is 6.50. The molecule has 1 aliphatic rings. The van der Waals surface area contributed by atoms with Crippen molar-refractivity contribution < 1.29 is 9.90 Å². The minimum atomic E-state index is -1.31. The molecule has 0 bridgehead atoms.